The molecule has 0 spiro atoms. The summed E-state index contributed by atoms with van der Waals surface area (Å²) in [7, 11) is 0. The summed E-state index contributed by atoms with van der Waals surface area (Å²) in [5.74, 6) is -5.07. The Morgan fingerprint density at radius 3 is 1.81 bits per heavy atom. The number of benzene rings is 3. The molecular weight excluding hydrogens is 676 g/mol. The van der Waals surface area contributed by atoms with Gasteiger partial charge in [-0.05, 0) is 60.4 Å². The maximum Gasteiger partial charge on any atom is 0.326 e. The number of aromatic amines is 1. The zero-order valence-corrected chi connectivity index (χ0v) is 28.2. The first kappa shape index (κ1) is 38.8. The van der Waals surface area contributed by atoms with Gasteiger partial charge in [-0.15, -0.1) is 0 Å². The zero-order valence-electron chi connectivity index (χ0n) is 28.2. The minimum Gasteiger partial charge on any atom is -0.508 e. The molecule has 276 valence electrons. The van der Waals surface area contributed by atoms with Crippen LogP contribution in [0.2, 0.25) is 0 Å². The molecule has 0 aliphatic carbocycles. The van der Waals surface area contributed by atoms with Gasteiger partial charge in [0, 0.05) is 29.9 Å². The van der Waals surface area contributed by atoms with Crippen molar-refractivity contribution in [1.29, 1.82) is 0 Å². The molecule has 0 aliphatic rings. The van der Waals surface area contributed by atoms with Crippen LogP contribution in [0.15, 0.2) is 79.0 Å². The lowest BCUT2D eigenvalue weighted by Crippen LogP contribution is -2.61. The van der Waals surface area contributed by atoms with Crippen LogP contribution >= 0.6 is 0 Å². The number of aromatic hydroxyl groups is 2. The van der Waals surface area contributed by atoms with Gasteiger partial charge in [0.05, 0.1) is 18.8 Å². The number of rotatable bonds is 17. The van der Waals surface area contributed by atoms with Crippen LogP contribution in [0, 0.1) is 0 Å². The predicted octanol–water partition coefficient (Wildman–Crippen LogP) is -0.669. The van der Waals surface area contributed by atoms with E-state index < -0.39 is 72.5 Å². The van der Waals surface area contributed by atoms with E-state index in [9.17, 15) is 49.5 Å². The number of amides is 4. The number of aromatic nitrogens is 1. The third-order valence-electron chi connectivity index (χ3n) is 8.33. The van der Waals surface area contributed by atoms with Crippen molar-refractivity contribution in [2.24, 2.45) is 5.73 Å². The highest BCUT2D eigenvalue weighted by Gasteiger charge is 2.34. The molecule has 0 bridgehead atoms. The molecule has 0 unspecified atom stereocenters. The molecular formula is C36H42N6O10. The number of carboxylic acid groups (broad SMARTS) is 1. The van der Waals surface area contributed by atoms with Gasteiger partial charge in [-0.2, -0.15) is 0 Å². The normalized spacial score (nSPS) is 14.6. The van der Waals surface area contributed by atoms with Gasteiger partial charge in [-0.1, -0.05) is 42.5 Å². The number of fused-ring (bicyclic) bond motifs is 1. The molecule has 0 aliphatic heterocycles. The molecule has 16 nitrogen and oxygen atoms in total. The third-order valence-corrected chi connectivity index (χ3v) is 8.33. The first-order chi connectivity index (χ1) is 24.7. The highest BCUT2D eigenvalue weighted by Crippen LogP contribution is 2.20. The Morgan fingerprint density at radius 1 is 0.692 bits per heavy atom. The quantitative estimate of drug-likeness (QED) is 0.0652. The van der Waals surface area contributed by atoms with Crippen molar-refractivity contribution < 1.29 is 49.5 Å². The number of aliphatic hydroxyl groups excluding tert-OH is 2. The molecule has 4 amide bonds. The summed E-state index contributed by atoms with van der Waals surface area (Å²) < 4.78 is 0. The summed E-state index contributed by atoms with van der Waals surface area (Å²) >= 11 is 0. The van der Waals surface area contributed by atoms with Crippen molar-refractivity contribution >= 4 is 40.5 Å². The molecule has 0 radical (unpaired) electrons. The Hall–Kier alpha value is -5.97. The molecule has 0 saturated carbocycles. The molecule has 3 aromatic carbocycles. The number of para-hydroxylation sites is 1. The van der Waals surface area contributed by atoms with Crippen molar-refractivity contribution in [3.63, 3.8) is 0 Å². The minimum absolute atomic E-state index is 0.0276. The number of hydrogen-bond acceptors (Lipinski definition) is 10. The largest absolute Gasteiger partial charge is 0.508 e. The van der Waals surface area contributed by atoms with E-state index in [2.05, 4.69) is 26.3 Å². The minimum atomic E-state index is -1.64. The standard InChI is InChI=1S/C36H42N6O10/c1-19(44)31(42-32(47)26(37)14-20-6-10-23(45)11-7-20)35(50)39-28(16-22-17-38-27-5-3-2-4-25(22)27)33(48)41-30(18-43)34(49)40-29(36(51)52)15-21-8-12-24(46)13-9-21/h2-13,17,19,26,28-31,38,43-46H,14-16,18,37H2,1H3,(H,39,50)(H,40,49)(H,41,48)(H,42,47)(H,51,52)/t19-,26+,28+,29+,30+,31+/m1/s1. The third kappa shape index (κ3) is 10.5. The number of H-pyrrole nitrogens is 1. The molecule has 1 heterocycles. The second kappa shape index (κ2) is 17.8. The fourth-order valence-corrected chi connectivity index (χ4v) is 5.44. The lowest BCUT2D eigenvalue weighted by Gasteiger charge is -2.27. The molecule has 52 heavy (non-hydrogen) atoms. The molecule has 1 aromatic heterocycles. The number of aliphatic carboxylic acids is 1. The number of carbonyl (C=O) groups is 5. The van der Waals surface area contributed by atoms with E-state index in [1.165, 1.54) is 43.3 Å². The number of carbonyl (C=O) groups excluding carboxylic acids is 4. The lowest BCUT2D eigenvalue weighted by molar-refractivity contribution is -0.142. The Bertz CT molecular complexity index is 1860. The van der Waals surface area contributed by atoms with Crippen molar-refractivity contribution in [2.75, 3.05) is 6.61 Å². The first-order valence-electron chi connectivity index (χ1n) is 16.3. The zero-order chi connectivity index (χ0) is 37.9. The van der Waals surface area contributed by atoms with Gasteiger partial charge in [-0.25, -0.2) is 4.79 Å². The molecule has 0 saturated heterocycles. The van der Waals surface area contributed by atoms with Crippen molar-refractivity contribution in [2.45, 2.75) is 62.5 Å². The summed E-state index contributed by atoms with van der Waals surface area (Å²) in [5.41, 5.74) is 8.51. The van der Waals surface area contributed by atoms with E-state index in [1.54, 1.807) is 42.6 Å². The number of aliphatic hydroxyl groups is 2. The van der Waals surface area contributed by atoms with Gasteiger partial charge in [0.2, 0.25) is 23.6 Å². The number of carboxylic acids is 1. The highest BCUT2D eigenvalue weighted by molar-refractivity contribution is 5.96. The molecule has 4 rings (SSSR count). The highest BCUT2D eigenvalue weighted by atomic mass is 16.4. The van der Waals surface area contributed by atoms with Crippen LogP contribution in [0.4, 0.5) is 0 Å². The van der Waals surface area contributed by atoms with Gasteiger partial charge in [-0.3, -0.25) is 19.2 Å². The Morgan fingerprint density at radius 2 is 1.23 bits per heavy atom. The SMILES string of the molecule is C[C@@H](O)[C@H](NC(=O)[C@@H](N)Cc1ccc(O)cc1)C(=O)N[C@@H](Cc1c[nH]c2ccccc12)C(=O)N[C@@H](CO)C(=O)N[C@@H](Cc1ccc(O)cc1)C(=O)O. The van der Waals surface area contributed by atoms with Gasteiger partial charge in [0.15, 0.2) is 0 Å². The van der Waals surface area contributed by atoms with E-state index in [0.717, 1.165) is 10.9 Å². The van der Waals surface area contributed by atoms with E-state index in [1.807, 2.05) is 0 Å². The number of nitrogens with one attached hydrogen (secondary N) is 5. The summed E-state index contributed by atoms with van der Waals surface area (Å²) in [6.07, 6.45) is -0.0732. The van der Waals surface area contributed by atoms with Crippen molar-refractivity contribution in [3.05, 3.63) is 95.7 Å². The summed E-state index contributed by atoms with van der Waals surface area (Å²) in [6.45, 7) is 0.329. The Kier molecular flexibility index (Phi) is 13.3. The Balaban J connectivity index is 1.51. The van der Waals surface area contributed by atoms with Gasteiger partial charge in [0.25, 0.3) is 0 Å². The van der Waals surface area contributed by atoms with E-state index in [-0.39, 0.29) is 30.8 Å². The smallest absolute Gasteiger partial charge is 0.326 e. The van der Waals surface area contributed by atoms with Crippen molar-refractivity contribution in [1.82, 2.24) is 26.3 Å². The maximum atomic E-state index is 13.8. The second-order valence-corrected chi connectivity index (χ2v) is 12.3. The van der Waals surface area contributed by atoms with E-state index in [0.29, 0.717) is 16.7 Å². The van der Waals surface area contributed by atoms with Crippen LogP contribution in [0.5, 0.6) is 11.5 Å². The molecule has 0 fully saturated rings. The average molecular weight is 719 g/mol. The summed E-state index contributed by atoms with van der Waals surface area (Å²) in [5, 5.41) is 59.7. The molecule has 4 aromatic rings. The van der Waals surface area contributed by atoms with Crippen LogP contribution in [0.3, 0.4) is 0 Å². The Labute approximate surface area is 298 Å². The number of hydrogen-bond donors (Lipinski definition) is 11. The summed E-state index contributed by atoms with van der Waals surface area (Å²) in [6, 6.07) is 11.6. The van der Waals surface area contributed by atoms with Gasteiger partial charge < -0.3 is 57.5 Å². The monoisotopic (exact) mass is 718 g/mol. The second-order valence-electron chi connectivity index (χ2n) is 12.3. The van der Waals surface area contributed by atoms with Crippen molar-refractivity contribution in [3.8, 4) is 11.5 Å². The number of phenols is 2. The molecule has 16 heteroatoms. The molecule has 12 N–H and O–H groups in total. The number of nitrogens with two attached hydrogens (primary N) is 1. The van der Waals surface area contributed by atoms with Crippen LogP contribution in [-0.4, -0.2) is 103 Å². The first-order valence-corrected chi connectivity index (χ1v) is 16.3. The predicted molar refractivity (Wildman–Crippen MR) is 188 cm³/mol. The number of phenolic OH excluding ortho intramolecular Hbond substituents is 2. The van der Waals surface area contributed by atoms with Crippen LogP contribution in [0.1, 0.15) is 23.6 Å². The maximum absolute atomic E-state index is 13.8. The van der Waals surface area contributed by atoms with Crippen LogP contribution in [0.25, 0.3) is 10.9 Å². The molecule has 6 atom stereocenters. The van der Waals surface area contributed by atoms with Gasteiger partial charge in [0.1, 0.15) is 35.7 Å². The van der Waals surface area contributed by atoms with E-state index in [4.69, 9.17) is 5.73 Å². The lowest BCUT2D eigenvalue weighted by atomic mass is 10.0. The summed E-state index contributed by atoms with van der Waals surface area (Å²) in [4.78, 5) is 68.5. The van der Waals surface area contributed by atoms with Gasteiger partial charge >= 0.3 is 5.97 Å². The van der Waals surface area contributed by atoms with Crippen LogP contribution in [-0.2, 0) is 43.2 Å². The van der Waals surface area contributed by atoms with E-state index >= 15 is 0 Å². The fraction of sp³-hybridized carbons (Fsp3) is 0.306. The van der Waals surface area contributed by atoms with Crippen LogP contribution < -0.4 is 27.0 Å². The fourth-order valence-electron chi connectivity index (χ4n) is 5.44. The average Bonchev–Trinajstić information content (AvgIpc) is 3.52. The topological polar surface area (TPSA) is 276 Å².